The Morgan fingerprint density at radius 2 is 1.83 bits per heavy atom. The Kier molecular flexibility index (Phi) is 4.41. The molecule has 0 aliphatic carbocycles. The Hall–Kier alpha value is -2.24. The molecule has 0 atom stereocenters. The minimum atomic E-state index is -0.247. The number of halogens is 1. The van der Waals surface area contributed by atoms with Gasteiger partial charge in [0.2, 0.25) is 0 Å². The summed E-state index contributed by atoms with van der Waals surface area (Å²) in [7, 11) is 3.11. The lowest BCUT2D eigenvalue weighted by Gasteiger charge is -2.10. The first-order chi connectivity index (χ1) is 11.1. The normalized spacial score (nSPS) is 10.6. The van der Waals surface area contributed by atoms with E-state index in [4.69, 9.17) is 21.1 Å². The molecule has 1 aromatic heterocycles. The van der Waals surface area contributed by atoms with Crippen LogP contribution in [0, 0.1) is 0 Å². The average molecular weight is 348 g/mol. The zero-order chi connectivity index (χ0) is 16.4. The molecule has 1 N–H and O–H groups in total. The van der Waals surface area contributed by atoms with Crippen molar-refractivity contribution in [3.05, 3.63) is 52.4 Å². The molecule has 0 unspecified atom stereocenters. The van der Waals surface area contributed by atoms with E-state index in [0.717, 1.165) is 10.1 Å². The van der Waals surface area contributed by atoms with Crippen LogP contribution in [-0.2, 0) is 0 Å². The Morgan fingerprint density at radius 1 is 1.09 bits per heavy atom. The maximum Gasteiger partial charge on any atom is 0.267 e. The Labute approximate surface area is 142 Å². The molecule has 2 aromatic carbocycles. The molecular formula is C17H14ClNO3S. The summed E-state index contributed by atoms with van der Waals surface area (Å²) in [6.07, 6.45) is 0. The van der Waals surface area contributed by atoms with Crippen molar-refractivity contribution in [1.29, 1.82) is 0 Å². The second kappa shape index (κ2) is 6.48. The first kappa shape index (κ1) is 15.6. The Balaban J connectivity index is 1.90. The molecule has 0 fully saturated rings. The topological polar surface area (TPSA) is 47.6 Å². The van der Waals surface area contributed by atoms with Crippen molar-refractivity contribution in [3.8, 4) is 11.5 Å². The largest absolute Gasteiger partial charge is 0.493 e. The van der Waals surface area contributed by atoms with E-state index >= 15 is 0 Å². The maximum atomic E-state index is 12.5. The van der Waals surface area contributed by atoms with Gasteiger partial charge in [0.05, 0.1) is 19.2 Å². The summed E-state index contributed by atoms with van der Waals surface area (Å²) in [4.78, 5) is 13.0. The van der Waals surface area contributed by atoms with Gasteiger partial charge in [0, 0.05) is 21.8 Å². The number of benzene rings is 2. The van der Waals surface area contributed by atoms with Crippen molar-refractivity contribution >= 4 is 44.6 Å². The number of carbonyl (C=O) groups excluding carboxylic acids is 1. The smallest absolute Gasteiger partial charge is 0.267 e. The monoisotopic (exact) mass is 347 g/mol. The van der Waals surface area contributed by atoms with E-state index in [1.807, 2.05) is 24.3 Å². The zero-order valence-corrected chi connectivity index (χ0v) is 14.1. The summed E-state index contributed by atoms with van der Waals surface area (Å²) in [6.45, 7) is 0. The summed E-state index contributed by atoms with van der Waals surface area (Å²) in [5, 5.41) is 4.20. The fourth-order valence-corrected chi connectivity index (χ4v) is 3.67. The van der Waals surface area contributed by atoms with E-state index in [0.29, 0.717) is 27.1 Å². The number of hydrogen-bond acceptors (Lipinski definition) is 4. The highest BCUT2D eigenvalue weighted by atomic mass is 35.5. The third-order valence-electron chi connectivity index (χ3n) is 3.38. The molecule has 1 amide bonds. The number of carbonyl (C=O) groups is 1. The van der Waals surface area contributed by atoms with Crippen LogP contribution < -0.4 is 14.8 Å². The van der Waals surface area contributed by atoms with Crippen LogP contribution in [0.4, 0.5) is 5.69 Å². The van der Waals surface area contributed by atoms with Crippen LogP contribution in [0.25, 0.3) is 10.1 Å². The lowest BCUT2D eigenvalue weighted by Crippen LogP contribution is -2.10. The van der Waals surface area contributed by atoms with Gasteiger partial charge in [-0.3, -0.25) is 4.79 Å². The van der Waals surface area contributed by atoms with Gasteiger partial charge in [-0.15, -0.1) is 11.3 Å². The summed E-state index contributed by atoms with van der Waals surface area (Å²) in [5.41, 5.74) is 0.612. The minimum Gasteiger partial charge on any atom is -0.493 e. The van der Waals surface area contributed by atoms with Crippen LogP contribution in [0.5, 0.6) is 11.5 Å². The molecule has 6 heteroatoms. The van der Waals surface area contributed by atoms with Crippen LogP contribution >= 0.6 is 22.9 Å². The van der Waals surface area contributed by atoms with Gasteiger partial charge in [0.1, 0.15) is 4.88 Å². The van der Waals surface area contributed by atoms with E-state index in [2.05, 4.69) is 5.32 Å². The molecule has 4 nitrogen and oxygen atoms in total. The van der Waals surface area contributed by atoms with Crippen molar-refractivity contribution in [3.63, 3.8) is 0 Å². The van der Waals surface area contributed by atoms with Gasteiger partial charge < -0.3 is 14.8 Å². The highest BCUT2D eigenvalue weighted by molar-refractivity contribution is 7.21. The van der Waals surface area contributed by atoms with Crippen LogP contribution in [0.2, 0.25) is 5.02 Å². The number of amides is 1. The van der Waals surface area contributed by atoms with Crippen molar-refractivity contribution in [2.45, 2.75) is 0 Å². The summed E-state index contributed by atoms with van der Waals surface area (Å²) in [5.74, 6) is 0.904. The second-order valence-electron chi connectivity index (χ2n) is 4.77. The minimum absolute atomic E-state index is 0.247. The first-order valence-electron chi connectivity index (χ1n) is 6.84. The molecule has 1 heterocycles. The van der Waals surface area contributed by atoms with Crippen LogP contribution in [0.15, 0.2) is 42.5 Å². The number of rotatable bonds is 4. The molecular weight excluding hydrogens is 334 g/mol. The Bertz CT molecular complexity index is 875. The molecule has 0 bridgehead atoms. The van der Waals surface area contributed by atoms with Crippen molar-refractivity contribution in [1.82, 2.24) is 0 Å². The highest BCUT2D eigenvalue weighted by Gasteiger charge is 2.17. The standard InChI is InChI=1S/C17H14ClNO3S/c1-21-12-8-7-10(9-13(12)22-2)19-17(20)16-15(18)11-5-3-4-6-14(11)23-16/h3-9H,1-2H3,(H,19,20). The van der Waals surface area contributed by atoms with Gasteiger partial charge in [-0.2, -0.15) is 0 Å². The third kappa shape index (κ3) is 2.98. The van der Waals surface area contributed by atoms with Crippen LogP contribution in [0.1, 0.15) is 9.67 Å². The molecule has 3 rings (SSSR count). The van der Waals surface area contributed by atoms with Crippen molar-refractivity contribution < 1.29 is 14.3 Å². The van der Waals surface area contributed by atoms with Gasteiger partial charge in [-0.05, 0) is 18.2 Å². The van der Waals surface area contributed by atoms with E-state index in [-0.39, 0.29) is 5.91 Å². The Morgan fingerprint density at radius 3 is 2.52 bits per heavy atom. The number of anilines is 1. The lowest BCUT2D eigenvalue weighted by molar-refractivity contribution is 0.103. The molecule has 0 radical (unpaired) electrons. The van der Waals surface area contributed by atoms with Crippen LogP contribution in [-0.4, -0.2) is 20.1 Å². The molecule has 23 heavy (non-hydrogen) atoms. The molecule has 0 saturated heterocycles. The van der Waals surface area contributed by atoms with E-state index in [1.54, 1.807) is 32.4 Å². The van der Waals surface area contributed by atoms with E-state index in [9.17, 15) is 4.79 Å². The molecule has 0 aliphatic heterocycles. The fourth-order valence-electron chi connectivity index (χ4n) is 2.26. The van der Waals surface area contributed by atoms with Gasteiger partial charge in [0.15, 0.2) is 11.5 Å². The first-order valence-corrected chi connectivity index (χ1v) is 8.04. The predicted molar refractivity (Wildman–Crippen MR) is 94.3 cm³/mol. The summed E-state index contributed by atoms with van der Waals surface area (Å²) in [6, 6.07) is 12.9. The SMILES string of the molecule is COc1ccc(NC(=O)c2sc3ccccc3c2Cl)cc1OC. The van der Waals surface area contributed by atoms with Crippen molar-refractivity contribution in [2.75, 3.05) is 19.5 Å². The number of nitrogens with one attached hydrogen (secondary N) is 1. The number of ether oxygens (including phenoxy) is 2. The van der Waals surface area contributed by atoms with Gasteiger partial charge in [-0.1, -0.05) is 29.8 Å². The molecule has 118 valence electrons. The number of hydrogen-bond donors (Lipinski definition) is 1. The quantitative estimate of drug-likeness (QED) is 0.735. The summed E-state index contributed by atoms with van der Waals surface area (Å²) < 4.78 is 11.4. The number of methoxy groups -OCH3 is 2. The fraction of sp³-hybridized carbons (Fsp3) is 0.118. The molecule has 0 saturated carbocycles. The van der Waals surface area contributed by atoms with Crippen molar-refractivity contribution in [2.24, 2.45) is 0 Å². The van der Waals surface area contributed by atoms with Gasteiger partial charge >= 0.3 is 0 Å². The number of thiophene rings is 1. The van der Waals surface area contributed by atoms with E-state index < -0.39 is 0 Å². The zero-order valence-electron chi connectivity index (χ0n) is 12.6. The maximum absolute atomic E-state index is 12.5. The molecule has 3 aromatic rings. The second-order valence-corrected chi connectivity index (χ2v) is 6.20. The highest BCUT2D eigenvalue weighted by Crippen LogP contribution is 2.36. The predicted octanol–water partition coefficient (Wildman–Crippen LogP) is 4.82. The van der Waals surface area contributed by atoms with Crippen LogP contribution in [0.3, 0.4) is 0 Å². The lowest BCUT2D eigenvalue weighted by atomic mass is 10.2. The third-order valence-corrected chi connectivity index (χ3v) is 5.06. The molecule has 0 spiro atoms. The molecule has 0 aliphatic rings. The van der Waals surface area contributed by atoms with E-state index in [1.165, 1.54) is 11.3 Å². The van der Waals surface area contributed by atoms with Gasteiger partial charge in [-0.25, -0.2) is 0 Å². The average Bonchev–Trinajstić information content (AvgIpc) is 2.92. The number of fused-ring (bicyclic) bond motifs is 1. The van der Waals surface area contributed by atoms with Gasteiger partial charge in [0.25, 0.3) is 5.91 Å². The summed E-state index contributed by atoms with van der Waals surface area (Å²) >= 11 is 7.70.